The molecule has 0 fully saturated rings. The molecule has 2 aromatic carbocycles. The Labute approximate surface area is 200 Å². The molecule has 0 aliphatic rings. The molecule has 0 atom stereocenters. The minimum absolute atomic E-state index is 0.271. The first-order chi connectivity index (χ1) is 16.6. The van der Waals surface area contributed by atoms with Crippen molar-refractivity contribution < 1.29 is 9.53 Å². The summed E-state index contributed by atoms with van der Waals surface area (Å²) in [6, 6.07) is 17.6. The third-order valence-corrected chi connectivity index (χ3v) is 5.91. The van der Waals surface area contributed by atoms with Crippen molar-refractivity contribution in [2.75, 3.05) is 12.4 Å². The molecule has 2 aromatic heterocycles. The van der Waals surface area contributed by atoms with Gasteiger partial charge < -0.3 is 19.9 Å². The molecular formula is C27H31N5O2. The van der Waals surface area contributed by atoms with Gasteiger partial charge in [0, 0.05) is 24.1 Å². The van der Waals surface area contributed by atoms with Gasteiger partial charge in [-0.15, -0.1) is 0 Å². The number of para-hydroxylation sites is 1. The van der Waals surface area contributed by atoms with Gasteiger partial charge in [-0.2, -0.15) is 0 Å². The van der Waals surface area contributed by atoms with Gasteiger partial charge in [0.25, 0.3) is 0 Å². The molecular weight excluding hydrogens is 426 g/mol. The van der Waals surface area contributed by atoms with Crippen LogP contribution in [0.3, 0.4) is 0 Å². The van der Waals surface area contributed by atoms with Crippen LogP contribution < -0.4 is 15.4 Å². The molecule has 7 nitrogen and oxygen atoms in total. The number of carbonyl (C=O) groups is 1. The van der Waals surface area contributed by atoms with E-state index in [-0.39, 0.29) is 6.03 Å². The Kier molecular flexibility index (Phi) is 7.42. The van der Waals surface area contributed by atoms with E-state index < -0.39 is 0 Å². The molecule has 0 spiro atoms. The quantitative estimate of drug-likeness (QED) is 0.350. The number of pyridine rings is 1. The first-order valence-electron chi connectivity index (χ1n) is 11.7. The highest BCUT2D eigenvalue weighted by atomic mass is 16.5. The highest BCUT2D eigenvalue weighted by Gasteiger charge is 2.18. The number of amides is 2. The van der Waals surface area contributed by atoms with Gasteiger partial charge in [0.05, 0.1) is 25.5 Å². The minimum Gasteiger partial charge on any atom is -0.496 e. The van der Waals surface area contributed by atoms with Crippen LogP contribution in [0.2, 0.25) is 0 Å². The maximum atomic E-state index is 12.5. The first-order valence-corrected chi connectivity index (χ1v) is 11.7. The predicted molar refractivity (Wildman–Crippen MR) is 135 cm³/mol. The van der Waals surface area contributed by atoms with Crippen LogP contribution >= 0.6 is 0 Å². The zero-order valence-corrected chi connectivity index (χ0v) is 20.0. The van der Waals surface area contributed by atoms with E-state index in [9.17, 15) is 4.79 Å². The average Bonchev–Trinajstić information content (AvgIpc) is 3.22. The Morgan fingerprint density at radius 2 is 1.85 bits per heavy atom. The molecule has 0 aliphatic carbocycles. The molecule has 0 saturated carbocycles. The van der Waals surface area contributed by atoms with Gasteiger partial charge in [0.1, 0.15) is 17.1 Å². The Hall–Kier alpha value is -3.87. The van der Waals surface area contributed by atoms with Gasteiger partial charge in [0.2, 0.25) is 0 Å². The number of imidazole rings is 1. The molecule has 0 saturated heterocycles. The highest BCUT2D eigenvalue weighted by molar-refractivity contribution is 5.93. The van der Waals surface area contributed by atoms with Gasteiger partial charge in [-0.3, -0.25) is 0 Å². The molecule has 2 N–H and O–H groups in total. The summed E-state index contributed by atoms with van der Waals surface area (Å²) in [7, 11) is 1.69. The van der Waals surface area contributed by atoms with Crippen LogP contribution in [0.25, 0.3) is 11.2 Å². The summed E-state index contributed by atoms with van der Waals surface area (Å²) in [5.41, 5.74) is 5.28. The van der Waals surface area contributed by atoms with Gasteiger partial charge in [-0.05, 0) is 25.0 Å². The van der Waals surface area contributed by atoms with E-state index in [1.54, 1.807) is 13.3 Å². The molecule has 0 radical (unpaired) electrons. The number of nitrogens with one attached hydrogen (secondary N) is 2. The topological polar surface area (TPSA) is 81.1 Å². The number of rotatable bonds is 9. The van der Waals surface area contributed by atoms with Crippen LogP contribution in [0.15, 0.2) is 60.8 Å². The Morgan fingerprint density at radius 1 is 1.09 bits per heavy atom. The second-order valence-electron chi connectivity index (χ2n) is 8.29. The SMILES string of the molecule is CCCCc1nc2c(C)c(NC(=O)NCc3ccccc3)cnc2n1Cc1ccccc1OC. The number of benzene rings is 2. The van der Waals surface area contributed by atoms with Crippen molar-refractivity contribution in [3.63, 3.8) is 0 Å². The van der Waals surface area contributed by atoms with Gasteiger partial charge in [-0.1, -0.05) is 61.9 Å². The number of methoxy groups -OCH3 is 1. The lowest BCUT2D eigenvalue weighted by atomic mass is 10.2. The average molecular weight is 458 g/mol. The second-order valence-corrected chi connectivity index (χ2v) is 8.29. The number of aryl methyl sites for hydroxylation is 2. The Bertz CT molecular complexity index is 1270. The normalized spacial score (nSPS) is 10.9. The van der Waals surface area contributed by atoms with Gasteiger partial charge in [0.15, 0.2) is 5.65 Å². The van der Waals surface area contributed by atoms with Crippen molar-refractivity contribution in [3.8, 4) is 5.75 Å². The molecule has 2 heterocycles. The monoisotopic (exact) mass is 457 g/mol. The minimum atomic E-state index is -0.271. The summed E-state index contributed by atoms with van der Waals surface area (Å²) in [4.78, 5) is 22.2. The number of nitrogens with zero attached hydrogens (tertiary/aromatic N) is 3. The second kappa shape index (κ2) is 10.8. The van der Waals surface area contributed by atoms with E-state index in [0.717, 1.165) is 58.7 Å². The molecule has 0 bridgehead atoms. The van der Waals surface area contributed by atoms with E-state index in [0.29, 0.717) is 18.8 Å². The number of hydrogen-bond acceptors (Lipinski definition) is 4. The van der Waals surface area contributed by atoms with Crippen molar-refractivity contribution >= 4 is 22.9 Å². The summed E-state index contributed by atoms with van der Waals surface area (Å²) in [5, 5.41) is 5.83. The first kappa shape index (κ1) is 23.3. The number of hydrogen-bond donors (Lipinski definition) is 2. The fraction of sp³-hybridized carbons (Fsp3) is 0.296. The summed E-state index contributed by atoms with van der Waals surface area (Å²) < 4.78 is 7.72. The fourth-order valence-electron chi connectivity index (χ4n) is 3.99. The highest BCUT2D eigenvalue weighted by Crippen LogP contribution is 2.27. The van der Waals surface area contributed by atoms with Crippen LogP contribution in [0.5, 0.6) is 5.75 Å². The van der Waals surface area contributed by atoms with E-state index in [1.807, 2.05) is 55.5 Å². The molecule has 176 valence electrons. The molecule has 4 aromatic rings. The van der Waals surface area contributed by atoms with Crippen molar-refractivity contribution in [2.45, 2.75) is 46.2 Å². The largest absolute Gasteiger partial charge is 0.496 e. The van der Waals surface area contributed by atoms with E-state index >= 15 is 0 Å². The van der Waals surface area contributed by atoms with Crippen LogP contribution in [-0.4, -0.2) is 27.7 Å². The van der Waals surface area contributed by atoms with Crippen LogP contribution in [0.1, 0.15) is 42.3 Å². The van der Waals surface area contributed by atoms with Crippen molar-refractivity contribution in [1.29, 1.82) is 0 Å². The standard InChI is InChI=1S/C27H31N5O2/c1-4-5-15-24-31-25-19(2)22(30-27(33)29-16-20-11-7-6-8-12-20)17-28-26(25)32(24)18-21-13-9-10-14-23(21)34-3/h6-14,17H,4-5,15-16,18H2,1-3H3,(H2,29,30,33). The number of ether oxygens (including phenoxy) is 1. The molecule has 4 rings (SSSR count). The number of urea groups is 1. The van der Waals surface area contributed by atoms with Gasteiger partial charge >= 0.3 is 6.03 Å². The smallest absolute Gasteiger partial charge is 0.319 e. The number of carbonyl (C=O) groups excluding carboxylic acids is 1. The summed E-state index contributed by atoms with van der Waals surface area (Å²) in [6.45, 7) is 5.22. The maximum absolute atomic E-state index is 12.5. The third kappa shape index (κ3) is 5.20. The lowest BCUT2D eigenvalue weighted by Crippen LogP contribution is -2.28. The van der Waals surface area contributed by atoms with E-state index in [2.05, 4.69) is 28.2 Å². The van der Waals surface area contributed by atoms with Crippen LogP contribution in [0.4, 0.5) is 10.5 Å². The third-order valence-electron chi connectivity index (χ3n) is 5.91. The predicted octanol–water partition coefficient (Wildman–Crippen LogP) is 5.46. The lowest BCUT2D eigenvalue weighted by Gasteiger charge is -2.13. The van der Waals surface area contributed by atoms with E-state index in [1.165, 1.54) is 0 Å². The van der Waals surface area contributed by atoms with Crippen LogP contribution in [-0.2, 0) is 19.5 Å². The zero-order chi connectivity index (χ0) is 23.9. The zero-order valence-electron chi connectivity index (χ0n) is 20.0. The Morgan fingerprint density at radius 3 is 2.62 bits per heavy atom. The summed E-state index contributed by atoms with van der Waals surface area (Å²) in [6.07, 6.45) is 4.70. The number of aromatic nitrogens is 3. The lowest BCUT2D eigenvalue weighted by molar-refractivity contribution is 0.251. The molecule has 7 heteroatoms. The summed E-state index contributed by atoms with van der Waals surface area (Å²) in [5.74, 6) is 1.83. The molecule has 0 aliphatic heterocycles. The van der Waals surface area contributed by atoms with Crippen LogP contribution in [0, 0.1) is 6.92 Å². The van der Waals surface area contributed by atoms with Gasteiger partial charge in [-0.25, -0.2) is 14.8 Å². The number of anilines is 1. The van der Waals surface area contributed by atoms with E-state index in [4.69, 9.17) is 14.7 Å². The number of fused-ring (bicyclic) bond motifs is 1. The Balaban J connectivity index is 1.60. The summed E-state index contributed by atoms with van der Waals surface area (Å²) >= 11 is 0. The fourth-order valence-corrected chi connectivity index (χ4v) is 3.99. The molecule has 2 amide bonds. The van der Waals surface area contributed by atoms with Crippen molar-refractivity contribution in [1.82, 2.24) is 19.9 Å². The molecule has 0 unspecified atom stereocenters. The van der Waals surface area contributed by atoms with Crippen molar-refractivity contribution in [2.24, 2.45) is 0 Å². The maximum Gasteiger partial charge on any atom is 0.319 e. The molecule has 34 heavy (non-hydrogen) atoms. The van der Waals surface area contributed by atoms with Crippen molar-refractivity contribution in [3.05, 3.63) is 83.3 Å². The number of unbranched alkanes of at least 4 members (excludes halogenated alkanes) is 1.